The molecule has 0 aliphatic rings. The molecule has 3 aromatic heterocycles. The average molecular weight is 421 g/mol. The average Bonchev–Trinajstić information content (AvgIpc) is 3.39. The number of amides is 1. The van der Waals surface area contributed by atoms with Gasteiger partial charge in [-0.3, -0.25) is 9.36 Å². The summed E-state index contributed by atoms with van der Waals surface area (Å²) in [6.07, 6.45) is 1.58. The van der Waals surface area contributed by atoms with Gasteiger partial charge in [-0.25, -0.2) is 4.79 Å². The summed E-state index contributed by atoms with van der Waals surface area (Å²) >= 11 is 2.50. The summed E-state index contributed by atoms with van der Waals surface area (Å²) in [6, 6.07) is 5.37. The Morgan fingerprint density at radius 1 is 1.36 bits per heavy atom. The predicted octanol–water partition coefficient (Wildman–Crippen LogP) is 3.84. The van der Waals surface area contributed by atoms with Gasteiger partial charge < -0.3 is 14.5 Å². The highest BCUT2D eigenvalue weighted by molar-refractivity contribution is 7.99. The molecule has 1 amide bonds. The number of aromatic nitrogens is 3. The van der Waals surface area contributed by atoms with Gasteiger partial charge >= 0.3 is 5.97 Å². The van der Waals surface area contributed by atoms with E-state index in [9.17, 15) is 9.59 Å². The summed E-state index contributed by atoms with van der Waals surface area (Å²) in [4.78, 5) is 24.7. The molecule has 0 radical (unpaired) electrons. The Labute approximate surface area is 170 Å². The number of ether oxygens (including phenoxy) is 1. The fourth-order valence-corrected chi connectivity index (χ4v) is 4.30. The van der Waals surface area contributed by atoms with Gasteiger partial charge in [0.05, 0.1) is 23.6 Å². The van der Waals surface area contributed by atoms with Gasteiger partial charge in [-0.05, 0) is 44.5 Å². The number of thiophene rings is 1. The summed E-state index contributed by atoms with van der Waals surface area (Å²) in [5.74, 6) is 0.866. The Morgan fingerprint density at radius 2 is 2.18 bits per heavy atom. The van der Waals surface area contributed by atoms with E-state index in [1.54, 1.807) is 25.3 Å². The zero-order valence-electron chi connectivity index (χ0n) is 15.7. The number of nitrogens with zero attached hydrogens (tertiary/aromatic N) is 3. The van der Waals surface area contributed by atoms with E-state index in [2.05, 4.69) is 15.5 Å². The van der Waals surface area contributed by atoms with Crippen LogP contribution >= 0.6 is 23.1 Å². The first-order chi connectivity index (χ1) is 13.5. The SMILES string of the molecule is CCOC(=O)c1sc(NC(=O)CSc2nnc(-c3ccco3)n2CC)cc1C. The van der Waals surface area contributed by atoms with Gasteiger partial charge in [0, 0.05) is 6.54 Å². The molecule has 0 spiro atoms. The molecule has 0 bridgehead atoms. The van der Waals surface area contributed by atoms with Gasteiger partial charge in [-0.15, -0.1) is 21.5 Å². The molecule has 0 fully saturated rings. The van der Waals surface area contributed by atoms with Crippen molar-refractivity contribution in [2.45, 2.75) is 32.5 Å². The highest BCUT2D eigenvalue weighted by Crippen LogP contribution is 2.28. The molecular formula is C18H20N4O4S2. The standard InChI is InChI=1S/C18H20N4O4S2/c1-4-22-16(12-7-6-8-26-12)20-21-18(22)27-10-13(23)19-14-9-11(3)15(28-14)17(24)25-5-2/h6-9H,4-5,10H2,1-3H3,(H,19,23). The fourth-order valence-electron chi connectivity index (χ4n) is 2.52. The van der Waals surface area contributed by atoms with Crippen LogP contribution in [0.4, 0.5) is 5.00 Å². The summed E-state index contributed by atoms with van der Waals surface area (Å²) in [6.45, 7) is 6.51. The number of rotatable bonds is 8. The van der Waals surface area contributed by atoms with E-state index in [0.717, 1.165) is 5.56 Å². The van der Waals surface area contributed by atoms with Gasteiger partial charge in [0.2, 0.25) is 5.91 Å². The number of furan rings is 1. The molecule has 0 saturated heterocycles. The minimum Gasteiger partial charge on any atom is -0.462 e. The molecule has 28 heavy (non-hydrogen) atoms. The highest BCUT2D eigenvalue weighted by Gasteiger charge is 2.18. The van der Waals surface area contributed by atoms with Gasteiger partial charge in [0.25, 0.3) is 0 Å². The Morgan fingerprint density at radius 3 is 2.86 bits per heavy atom. The largest absolute Gasteiger partial charge is 0.462 e. The van der Waals surface area contributed by atoms with Gasteiger partial charge in [-0.1, -0.05) is 11.8 Å². The topological polar surface area (TPSA) is 99.2 Å². The lowest BCUT2D eigenvalue weighted by Gasteiger charge is -2.06. The molecule has 0 aliphatic carbocycles. The van der Waals surface area contributed by atoms with Gasteiger partial charge in [-0.2, -0.15) is 0 Å². The molecular weight excluding hydrogens is 400 g/mol. The van der Waals surface area contributed by atoms with Crippen LogP contribution in [0.15, 0.2) is 34.0 Å². The van der Waals surface area contributed by atoms with Crippen LogP contribution in [0.2, 0.25) is 0 Å². The monoisotopic (exact) mass is 420 g/mol. The molecule has 10 heteroatoms. The van der Waals surface area contributed by atoms with Crippen molar-refractivity contribution in [2.24, 2.45) is 0 Å². The molecule has 1 N–H and O–H groups in total. The molecule has 0 aliphatic heterocycles. The Bertz CT molecular complexity index is 963. The first-order valence-electron chi connectivity index (χ1n) is 8.70. The van der Waals surface area contributed by atoms with E-state index in [4.69, 9.17) is 9.15 Å². The second kappa shape index (κ2) is 9.07. The van der Waals surface area contributed by atoms with Crippen LogP contribution in [0.25, 0.3) is 11.6 Å². The zero-order chi connectivity index (χ0) is 20.1. The number of thioether (sulfide) groups is 1. The van der Waals surface area contributed by atoms with E-state index in [1.165, 1.54) is 23.1 Å². The molecule has 0 unspecified atom stereocenters. The lowest BCUT2D eigenvalue weighted by atomic mass is 10.3. The molecule has 3 rings (SSSR count). The van der Waals surface area contributed by atoms with Crippen LogP contribution in [0.1, 0.15) is 29.1 Å². The Hall–Kier alpha value is -2.59. The van der Waals surface area contributed by atoms with Crippen molar-refractivity contribution in [1.82, 2.24) is 14.8 Å². The second-order valence-corrected chi connectivity index (χ2v) is 7.70. The minimum atomic E-state index is -0.374. The fraction of sp³-hybridized carbons (Fsp3) is 0.333. The summed E-state index contributed by atoms with van der Waals surface area (Å²) in [7, 11) is 0. The minimum absolute atomic E-state index is 0.169. The maximum absolute atomic E-state index is 12.3. The number of carbonyl (C=O) groups is 2. The number of anilines is 1. The highest BCUT2D eigenvalue weighted by atomic mass is 32.2. The third-order valence-corrected chi connectivity index (χ3v) is 5.85. The van der Waals surface area contributed by atoms with E-state index >= 15 is 0 Å². The number of esters is 1. The van der Waals surface area contributed by atoms with E-state index in [0.29, 0.717) is 39.8 Å². The maximum Gasteiger partial charge on any atom is 0.348 e. The second-order valence-electron chi connectivity index (χ2n) is 5.71. The number of hydrogen-bond acceptors (Lipinski definition) is 8. The molecule has 148 valence electrons. The number of carbonyl (C=O) groups excluding carboxylic acids is 2. The van der Waals surface area contributed by atoms with Crippen molar-refractivity contribution in [3.63, 3.8) is 0 Å². The van der Waals surface area contributed by atoms with Crippen molar-refractivity contribution in [1.29, 1.82) is 0 Å². The lowest BCUT2D eigenvalue weighted by molar-refractivity contribution is -0.113. The van der Waals surface area contributed by atoms with Crippen molar-refractivity contribution < 1.29 is 18.7 Å². The molecule has 3 heterocycles. The molecule has 0 aromatic carbocycles. The van der Waals surface area contributed by atoms with Crippen LogP contribution in [-0.4, -0.2) is 39.0 Å². The Kier molecular flexibility index (Phi) is 6.53. The van der Waals surface area contributed by atoms with Crippen molar-refractivity contribution >= 4 is 40.0 Å². The third-order valence-electron chi connectivity index (χ3n) is 3.75. The lowest BCUT2D eigenvalue weighted by Crippen LogP contribution is -2.13. The van der Waals surface area contributed by atoms with Crippen LogP contribution in [0.5, 0.6) is 0 Å². The quantitative estimate of drug-likeness (QED) is 0.437. The van der Waals surface area contributed by atoms with Crippen molar-refractivity contribution in [2.75, 3.05) is 17.7 Å². The summed E-state index contributed by atoms with van der Waals surface area (Å²) in [5.41, 5.74) is 0.778. The van der Waals surface area contributed by atoms with Crippen molar-refractivity contribution in [3.8, 4) is 11.6 Å². The molecule has 3 aromatic rings. The van der Waals surface area contributed by atoms with Gasteiger partial charge in [0.1, 0.15) is 4.88 Å². The van der Waals surface area contributed by atoms with E-state index in [1.807, 2.05) is 24.5 Å². The first-order valence-corrected chi connectivity index (χ1v) is 10.5. The Balaban J connectivity index is 1.62. The first kappa shape index (κ1) is 20.2. The van der Waals surface area contributed by atoms with Crippen LogP contribution in [0.3, 0.4) is 0 Å². The maximum atomic E-state index is 12.3. The van der Waals surface area contributed by atoms with Crippen LogP contribution in [-0.2, 0) is 16.1 Å². The van der Waals surface area contributed by atoms with E-state index in [-0.39, 0.29) is 17.6 Å². The predicted molar refractivity (Wildman–Crippen MR) is 108 cm³/mol. The number of aryl methyl sites for hydroxylation is 1. The third kappa shape index (κ3) is 4.45. The molecule has 0 saturated carbocycles. The molecule has 0 atom stereocenters. The number of nitrogens with one attached hydrogen (secondary N) is 1. The smallest absolute Gasteiger partial charge is 0.348 e. The zero-order valence-corrected chi connectivity index (χ0v) is 17.4. The molecule has 8 nitrogen and oxygen atoms in total. The van der Waals surface area contributed by atoms with Crippen molar-refractivity contribution in [3.05, 3.63) is 34.9 Å². The summed E-state index contributed by atoms with van der Waals surface area (Å²) < 4.78 is 12.3. The normalized spacial score (nSPS) is 10.8. The summed E-state index contributed by atoms with van der Waals surface area (Å²) in [5, 5.41) is 12.4. The van der Waals surface area contributed by atoms with Gasteiger partial charge in [0.15, 0.2) is 16.7 Å². The van der Waals surface area contributed by atoms with Crippen LogP contribution in [0, 0.1) is 6.92 Å². The van der Waals surface area contributed by atoms with Crippen LogP contribution < -0.4 is 5.32 Å². The number of hydrogen-bond donors (Lipinski definition) is 1. The van der Waals surface area contributed by atoms with E-state index < -0.39 is 0 Å².